The van der Waals surface area contributed by atoms with Crippen molar-refractivity contribution in [3.05, 3.63) is 29.3 Å². The van der Waals surface area contributed by atoms with E-state index in [4.69, 9.17) is 20.9 Å². The molecule has 1 aliphatic rings. The van der Waals surface area contributed by atoms with Crippen molar-refractivity contribution in [2.75, 3.05) is 0 Å². The third-order valence-electron chi connectivity index (χ3n) is 3.54. The quantitative estimate of drug-likeness (QED) is 0.303. The number of rotatable bonds is 3. The molecule has 1 heterocycles. The molecule has 1 fully saturated rings. The Hall–Kier alpha value is -0.705. The van der Waals surface area contributed by atoms with Crippen molar-refractivity contribution in [3.63, 3.8) is 0 Å². The second-order valence-electron chi connectivity index (χ2n) is 5.55. The first-order valence-electron chi connectivity index (χ1n) is 6.51. The molecule has 21 heavy (non-hydrogen) atoms. The SMILES string of the molecule is CC1(C)OB(c2ccc(Cl)cc2)OC1(C)C.NNNNN. The van der Waals surface area contributed by atoms with Crippen molar-refractivity contribution in [1.82, 2.24) is 16.6 Å². The van der Waals surface area contributed by atoms with Gasteiger partial charge in [0.15, 0.2) is 0 Å². The fourth-order valence-electron chi connectivity index (χ4n) is 1.64. The van der Waals surface area contributed by atoms with Crippen molar-refractivity contribution in [2.24, 2.45) is 11.7 Å². The predicted octanol–water partition coefficient (Wildman–Crippen LogP) is -0.0282. The van der Waals surface area contributed by atoms with Gasteiger partial charge in [0.25, 0.3) is 0 Å². The molecule has 0 radical (unpaired) electrons. The average Bonchev–Trinajstić information content (AvgIpc) is 2.61. The zero-order valence-electron chi connectivity index (χ0n) is 12.7. The third-order valence-corrected chi connectivity index (χ3v) is 3.79. The summed E-state index contributed by atoms with van der Waals surface area (Å²) in [5, 5.41) is 0.722. The van der Waals surface area contributed by atoms with Crippen molar-refractivity contribution in [3.8, 4) is 0 Å². The van der Waals surface area contributed by atoms with E-state index >= 15 is 0 Å². The lowest BCUT2D eigenvalue weighted by molar-refractivity contribution is 0.00578. The first kappa shape index (κ1) is 18.3. The minimum Gasteiger partial charge on any atom is -0.399 e. The Balaban J connectivity index is 0.000000383. The zero-order valence-corrected chi connectivity index (χ0v) is 13.5. The van der Waals surface area contributed by atoms with Crippen LogP contribution in [0.3, 0.4) is 0 Å². The summed E-state index contributed by atoms with van der Waals surface area (Å²) in [4.78, 5) is 0. The van der Waals surface area contributed by atoms with E-state index < -0.39 is 0 Å². The zero-order chi connectivity index (χ0) is 16.1. The van der Waals surface area contributed by atoms with E-state index in [2.05, 4.69) is 17.2 Å². The molecule has 118 valence electrons. The summed E-state index contributed by atoms with van der Waals surface area (Å²) in [5.41, 5.74) is 6.64. The maximum atomic E-state index is 5.92. The van der Waals surface area contributed by atoms with Gasteiger partial charge in [0.2, 0.25) is 0 Å². The first-order valence-corrected chi connectivity index (χ1v) is 6.88. The fraction of sp³-hybridized carbons (Fsp3) is 0.500. The Morgan fingerprint density at radius 2 is 1.38 bits per heavy atom. The Morgan fingerprint density at radius 1 is 0.952 bits per heavy atom. The molecule has 7 nitrogen and oxygen atoms in total. The van der Waals surface area contributed by atoms with Crippen molar-refractivity contribution < 1.29 is 9.31 Å². The normalized spacial score (nSPS) is 19.1. The summed E-state index contributed by atoms with van der Waals surface area (Å²) in [7, 11) is -0.303. The van der Waals surface area contributed by atoms with E-state index in [-0.39, 0.29) is 18.3 Å². The lowest BCUT2D eigenvalue weighted by Gasteiger charge is -2.32. The van der Waals surface area contributed by atoms with E-state index in [1.807, 2.05) is 63.0 Å². The third kappa shape index (κ3) is 4.91. The molecule has 1 aromatic carbocycles. The first-order chi connectivity index (χ1) is 9.73. The highest BCUT2D eigenvalue weighted by atomic mass is 35.5. The summed E-state index contributed by atoms with van der Waals surface area (Å²) in [6, 6.07) is 7.57. The molecule has 2 rings (SSSR count). The van der Waals surface area contributed by atoms with Crippen LogP contribution in [0.15, 0.2) is 24.3 Å². The number of halogens is 1. The molecule has 0 unspecified atom stereocenters. The minimum absolute atomic E-state index is 0.294. The number of hydrogen-bond acceptors (Lipinski definition) is 7. The second-order valence-corrected chi connectivity index (χ2v) is 5.99. The van der Waals surface area contributed by atoms with Crippen molar-refractivity contribution in [2.45, 2.75) is 38.9 Å². The van der Waals surface area contributed by atoms with Gasteiger partial charge < -0.3 is 9.31 Å². The second kappa shape index (κ2) is 7.53. The maximum Gasteiger partial charge on any atom is 0.494 e. The van der Waals surface area contributed by atoms with E-state index in [1.165, 1.54) is 0 Å². The van der Waals surface area contributed by atoms with Crippen molar-refractivity contribution in [1.29, 1.82) is 0 Å². The summed E-state index contributed by atoms with van der Waals surface area (Å²) >= 11 is 5.85. The summed E-state index contributed by atoms with van der Waals surface area (Å²) < 4.78 is 11.8. The smallest absolute Gasteiger partial charge is 0.399 e. The van der Waals surface area contributed by atoms with E-state index in [0.29, 0.717) is 0 Å². The highest BCUT2D eigenvalue weighted by Gasteiger charge is 2.51. The van der Waals surface area contributed by atoms with E-state index in [9.17, 15) is 0 Å². The Morgan fingerprint density at radius 3 is 1.71 bits per heavy atom. The van der Waals surface area contributed by atoms with Gasteiger partial charge in [0.05, 0.1) is 11.2 Å². The topological polar surface area (TPSA) is 107 Å². The Labute approximate surface area is 130 Å². The molecule has 0 bridgehead atoms. The highest BCUT2D eigenvalue weighted by Crippen LogP contribution is 2.36. The van der Waals surface area contributed by atoms with Gasteiger partial charge in [-0.25, -0.2) is 0 Å². The van der Waals surface area contributed by atoms with Crippen LogP contribution in [0.2, 0.25) is 5.02 Å². The molecule has 1 aromatic rings. The fourth-order valence-corrected chi connectivity index (χ4v) is 1.77. The van der Waals surface area contributed by atoms with Gasteiger partial charge >= 0.3 is 7.12 Å². The molecule has 9 heteroatoms. The summed E-state index contributed by atoms with van der Waals surface area (Å²) in [6.07, 6.45) is 0. The van der Waals surface area contributed by atoms with Crippen LogP contribution in [-0.4, -0.2) is 18.3 Å². The van der Waals surface area contributed by atoms with Crippen LogP contribution in [0, 0.1) is 0 Å². The predicted molar refractivity (Wildman–Crippen MR) is 84.9 cm³/mol. The molecule has 0 aliphatic carbocycles. The molecular formula is C12H23BClN5O2. The van der Waals surface area contributed by atoms with Crippen LogP contribution >= 0.6 is 11.6 Å². The number of hydrazine groups is 4. The molecule has 1 aliphatic heterocycles. The number of benzene rings is 1. The minimum atomic E-state index is -0.303. The van der Waals surface area contributed by atoms with Crippen LogP contribution in [0.25, 0.3) is 0 Å². The summed E-state index contributed by atoms with van der Waals surface area (Å²) in [6.45, 7) is 8.18. The van der Waals surface area contributed by atoms with Gasteiger partial charge in [-0.15, -0.1) is 0 Å². The van der Waals surface area contributed by atoms with Gasteiger partial charge in [-0.1, -0.05) is 23.7 Å². The molecule has 1 saturated heterocycles. The van der Waals surface area contributed by atoms with Gasteiger partial charge in [0.1, 0.15) is 0 Å². The van der Waals surface area contributed by atoms with Gasteiger partial charge in [-0.2, -0.15) is 16.6 Å². The van der Waals surface area contributed by atoms with Crippen LogP contribution < -0.4 is 33.8 Å². The molecular weight excluding hydrogens is 292 g/mol. The van der Waals surface area contributed by atoms with Crippen LogP contribution in [0.5, 0.6) is 0 Å². The maximum absolute atomic E-state index is 5.92. The summed E-state index contributed by atoms with van der Waals surface area (Å²) in [5.74, 6) is 9.27. The van der Waals surface area contributed by atoms with Gasteiger partial charge in [0, 0.05) is 5.02 Å². The monoisotopic (exact) mass is 315 g/mol. The Bertz CT molecular complexity index is 426. The molecule has 0 atom stereocenters. The standard InChI is InChI=1S/C12H16BClO2.H7N5/c1-11(2)12(3,4)16-13(15-11)9-5-7-10(14)8-6-9;1-3-5-4-2/h5-8H,1-4H3;3-5H,1-2H2. The van der Waals surface area contributed by atoms with E-state index in [0.717, 1.165) is 10.5 Å². The number of hydrogen-bond donors (Lipinski definition) is 5. The average molecular weight is 316 g/mol. The molecule has 0 spiro atoms. The van der Waals surface area contributed by atoms with Crippen LogP contribution in [0.4, 0.5) is 0 Å². The van der Waals surface area contributed by atoms with Crippen molar-refractivity contribution >= 4 is 24.2 Å². The molecule has 0 aromatic heterocycles. The van der Waals surface area contributed by atoms with Gasteiger partial charge in [-0.3, -0.25) is 11.7 Å². The number of nitrogens with one attached hydrogen (secondary N) is 3. The largest absolute Gasteiger partial charge is 0.494 e. The lowest BCUT2D eigenvalue weighted by atomic mass is 9.79. The lowest BCUT2D eigenvalue weighted by Crippen LogP contribution is -2.50. The number of nitrogens with two attached hydrogens (primary N) is 2. The molecule has 0 saturated carbocycles. The molecule has 0 amide bonds. The Kier molecular flexibility index (Phi) is 6.57. The van der Waals surface area contributed by atoms with Crippen LogP contribution in [-0.2, 0) is 9.31 Å². The van der Waals surface area contributed by atoms with Crippen LogP contribution in [0.1, 0.15) is 27.7 Å². The van der Waals surface area contributed by atoms with Gasteiger partial charge in [-0.05, 0) is 45.3 Å². The highest BCUT2D eigenvalue weighted by molar-refractivity contribution is 6.62. The van der Waals surface area contributed by atoms with E-state index in [1.54, 1.807) is 0 Å². The molecule has 7 N–H and O–H groups in total.